The van der Waals surface area contributed by atoms with Crippen molar-refractivity contribution in [3.05, 3.63) is 151 Å². The van der Waals surface area contributed by atoms with Gasteiger partial charge in [-0.15, -0.1) is 0 Å². The Morgan fingerprint density at radius 1 is 0.468 bits per heavy atom. The fourth-order valence-corrected chi connectivity index (χ4v) is 8.09. The Labute approximate surface area is 278 Å². The molecule has 0 saturated heterocycles. The predicted molar refractivity (Wildman–Crippen MR) is 204 cm³/mol. The molecule has 2 heterocycles. The fourth-order valence-electron chi connectivity index (χ4n) is 7.09. The second-order valence-corrected chi connectivity index (χ2v) is 14.8. The molecule has 1 aliphatic heterocycles. The number of rotatable bonds is 4. The van der Waals surface area contributed by atoms with E-state index in [-0.39, 0.29) is 4.75 Å². The third-order valence-corrected chi connectivity index (χ3v) is 10.6. The molecular weight excluding hydrogens is 589 g/mol. The van der Waals surface area contributed by atoms with Gasteiger partial charge < -0.3 is 0 Å². The van der Waals surface area contributed by atoms with Gasteiger partial charge in [0.25, 0.3) is 0 Å². The van der Waals surface area contributed by atoms with Crippen LogP contribution in [-0.4, -0.2) is 21.3 Å². The van der Waals surface area contributed by atoms with Gasteiger partial charge in [0, 0.05) is 10.3 Å². The first-order chi connectivity index (χ1) is 23.0. The molecular formula is C44H32N2S. The second-order valence-electron chi connectivity index (χ2n) is 13.1. The average Bonchev–Trinajstić information content (AvgIpc) is 3.49. The van der Waals surface area contributed by atoms with Crippen LogP contribution in [0.15, 0.2) is 151 Å². The van der Waals surface area contributed by atoms with Gasteiger partial charge in [-0.25, -0.2) is 4.98 Å². The molecule has 0 fully saturated rings. The van der Waals surface area contributed by atoms with Crippen LogP contribution in [0, 0.1) is 0 Å². The van der Waals surface area contributed by atoms with E-state index in [0.29, 0.717) is 0 Å². The zero-order valence-corrected chi connectivity index (χ0v) is 27.2. The highest BCUT2D eigenvalue weighted by Crippen LogP contribution is 2.45. The zero-order valence-electron chi connectivity index (χ0n) is 26.4. The molecule has 0 saturated carbocycles. The molecule has 224 valence electrons. The van der Waals surface area contributed by atoms with E-state index < -0.39 is 0 Å². The highest BCUT2D eigenvalue weighted by atomic mass is 32.2. The molecule has 9 rings (SSSR count). The standard InChI is InChI=1S/C44H32N2S/c1-44(2)27-45-43(47-44)40-17-9-16-39(46-40)32-22-23-37-38(26-32)42(34-21-19-29-11-4-6-13-31(29)25-34)36-15-8-7-14-35(36)41(37)33-20-18-28-10-3-5-12-30(28)24-33/h3-26H,27H2,1-2H3. The fraction of sp³-hybridized carbons (Fsp3) is 0.0909. The van der Waals surface area contributed by atoms with Crippen molar-refractivity contribution in [2.75, 3.05) is 6.54 Å². The molecule has 0 atom stereocenters. The van der Waals surface area contributed by atoms with Crippen LogP contribution < -0.4 is 0 Å². The summed E-state index contributed by atoms with van der Waals surface area (Å²) in [4.78, 5) is 10.0. The molecule has 0 unspecified atom stereocenters. The van der Waals surface area contributed by atoms with E-state index in [1.807, 2.05) is 11.8 Å². The highest BCUT2D eigenvalue weighted by molar-refractivity contribution is 8.15. The second kappa shape index (κ2) is 10.9. The third kappa shape index (κ3) is 4.90. The Balaban J connectivity index is 1.33. The van der Waals surface area contributed by atoms with Crippen molar-refractivity contribution in [3.63, 3.8) is 0 Å². The first-order valence-corrected chi connectivity index (χ1v) is 17.0. The number of nitrogens with zero attached hydrogens (tertiary/aromatic N) is 2. The quantitative estimate of drug-likeness (QED) is 0.183. The smallest absolute Gasteiger partial charge is 0.117 e. The topological polar surface area (TPSA) is 25.2 Å². The van der Waals surface area contributed by atoms with E-state index in [2.05, 4.69) is 159 Å². The minimum atomic E-state index is 0.102. The lowest BCUT2D eigenvalue weighted by Gasteiger charge is -2.19. The van der Waals surface area contributed by atoms with Crippen LogP contribution >= 0.6 is 11.8 Å². The van der Waals surface area contributed by atoms with Crippen LogP contribution in [0.2, 0.25) is 0 Å². The molecule has 3 heteroatoms. The Bertz CT molecular complexity index is 2560. The summed E-state index contributed by atoms with van der Waals surface area (Å²) >= 11 is 1.82. The molecule has 0 spiro atoms. The number of hydrogen-bond acceptors (Lipinski definition) is 3. The first kappa shape index (κ1) is 28.0. The van der Waals surface area contributed by atoms with Crippen LogP contribution in [0.3, 0.4) is 0 Å². The largest absolute Gasteiger partial charge is 0.275 e. The summed E-state index contributed by atoms with van der Waals surface area (Å²) in [7, 11) is 0. The normalized spacial score (nSPS) is 14.3. The number of thioether (sulfide) groups is 1. The number of aliphatic imine (C=N–C) groups is 1. The van der Waals surface area contributed by atoms with Crippen molar-refractivity contribution in [1.82, 2.24) is 4.98 Å². The van der Waals surface area contributed by atoms with Crippen LogP contribution in [0.5, 0.6) is 0 Å². The van der Waals surface area contributed by atoms with Crippen molar-refractivity contribution in [2.24, 2.45) is 4.99 Å². The highest BCUT2D eigenvalue weighted by Gasteiger charge is 2.28. The maximum Gasteiger partial charge on any atom is 0.117 e. The monoisotopic (exact) mass is 620 g/mol. The molecule has 1 aliphatic rings. The first-order valence-electron chi connectivity index (χ1n) is 16.2. The van der Waals surface area contributed by atoms with E-state index in [0.717, 1.165) is 28.5 Å². The Morgan fingerprint density at radius 3 is 1.62 bits per heavy atom. The summed E-state index contributed by atoms with van der Waals surface area (Å²) in [6.07, 6.45) is 0. The van der Waals surface area contributed by atoms with E-state index in [1.54, 1.807) is 0 Å². The molecule has 2 nitrogen and oxygen atoms in total. The maximum absolute atomic E-state index is 5.17. The van der Waals surface area contributed by atoms with Gasteiger partial charge in [-0.05, 0) is 110 Å². The number of hydrogen-bond donors (Lipinski definition) is 0. The van der Waals surface area contributed by atoms with Gasteiger partial charge in [-0.2, -0.15) is 0 Å². The van der Waals surface area contributed by atoms with Crippen molar-refractivity contribution >= 4 is 59.9 Å². The Hall–Kier alpha value is -5.25. The van der Waals surface area contributed by atoms with Crippen molar-refractivity contribution in [1.29, 1.82) is 0 Å². The summed E-state index contributed by atoms with van der Waals surface area (Å²) in [5.74, 6) is 0. The van der Waals surface area contributed by atoms with Crippen molar-refractivity contribution in [3.8, 4) is 33.5 Å². The molecule has 7 aromatic carbocycles. The summed E-state index contributed by atoms with van der Waals surface area (Å²) in [6.45, 7) is 5.30. The van der Waals surface area contributed by atoms with Crippen LogP contribution in [0.25, 0.3) is 76.6 Å². The minimum absolute atomic E-state index is 0.102. The third-order valence-electron chi connectivity index (χ3n) is 9.34. The summed E-state index contributed by atoms with van der Waals surface area (Å²) < 4.78 is 0.102. The Kier molecular flexibility index (Phi) is 6.51. The van der Waals surface area contributed by atoms with Gasteiger partial charge >= 0.3 is 0 Å². The van der Waals surface area contributed by atoms with Crippen LogP contribution in [0.1, 0.15) is 19.5 Å². The number of benzene rings is 7. The van der Waals surface area contributed by atoms with Gasteiger partial charge in [-0.3, -0.25) is 4.99 Å². The predicted octanol–water partition coefficient (Wildman–Crippen LogP) is 12.0. The number of aromatic nitrogens is 1. The molecule has 1 aromatic heterocycles. The molecule has 8 aromatic rings. The summed E-state index contributed by atoms with van der Waals surface area (Å²) in [5.41, 5.74) is 7.96. The minimum Gasteiger partial charge on any atom is -0.275 e. The van der Waals surface area contributed by atoms with Gasteiger partial charge in [0.1, 0.15) is 5.04 Å². The van der Waals surface area contributed by atoms with Crippen LogP contribution in [-0.2, 0) is 0 Å². The molecule has 0 aliphatic carbocycles. The molecule has 47 heavy (non-hydrogen) atoms. The van der Waals surface area contributed by atoms with Gasteiger partial charge in [-0.1, -0.05) is 127 Å². The van der Waals surface area contributed by atoms with Crippen molar-refractivity contribution < 1.29 is 0 Å². The number of fused-ring (bicyclic) bond motifs is 4. The van der Waals surface area contributed by atoms with E-state index in [9.17, 15) is 0 Å². The van der Waals surface area contributed by atoms with E-state index in [1.165, 1.54) is 65.3 Å². The Morgan fingerprint density at radius 2 is 1.00 bits per heavy atom. The lowest BCUT2D eigenvalue weighted by atomic mass is 9.84. The zero-order chi connectivity index (χ0) is 31.5. The summed E-state index contributed by atoms with van der Waals surface area (Å²) in [5, 5.41) is 11.0. The maximum atomic E-state index is 5.17. The average molecular weight is 621 g/mol. The lowest BCUT2D eigenvalue weighted by Crippen LogP contribution is -2.14. The van der Waals surface area contributed by atoms with E-state index in [4.69, 9.17) is 9.98 Å². The molecule has 0 N–H and O–H groups in total. The lowest BCUT2D eigenvalue weighted by molar-refractivity contribution is 0.741. The van der Waals surface area contributed by atoms with Crippen LogP contribution in [0.4, 0.5) is 0 Å². The number of pyridine rings is 1. The van der Waals surface area contributed by atoms with Gasteiger partial charge in [0.15, 0.2) is 0 Å². The molecule has 0 amide bonds. The van der Waals surface area contributed by atoms with Crippen molar-refractivity contribution in [2.45, 2.75) is 18.6 Å². The van der Waals surface area contributed by atoms with E-state index >= 15 is 0 Å². The molecule has 0 bridgehead atoms. The van der Waals surface area contributed by atoms with Gasteiger partial charge in [0.2, 0.25) is 0 Å². The SMILES string of the molecule is CC1(C)CN=C(c2cccc(-c3ccc4c(-c5ccc6ccccc6c5)c5ccccc5c(-c5ccc6ccccc6c5)c4c3)n2)S1. The van der Waals surface area contributed by atoms with Gasteiger partial charge in [0.05, 0.1) is 17.9 Å². The summed E-state index contributed by atoms with van der Waals surface area (Å²) in [6, 6.07) is 53.1. The molecule has 0 radical (unpaired) electrons.